The van der Waals surface area contributed by atoms with E-state index in [0.29, 0.717) is 11.3 Å². The maximum absolute atomic E-state index is 13.3. The van der Waals surface area contributed by atoms with Crippen molar-refractivity contribution in [2.45, 2.75) is 44.8 Å². The number of hydrogen-bond acceptors (Lipinski definition) is 7. The number of fused-ring (bicyclic) bond motifs is 2. The Hall–Kier alpha value is -2.90. The summed E-state index contributed by atoms with van der Waals surface area (Å²) < 4.78 is 11.3. The van der Waals surface area contributed by atoms with Crippen molar-refractivity contribution >= 4 is 11.0 Å². The Morgan fingerprint density at radius 2 is 1.89 bits per heavy atom. The zero-order chi connectivity index (χ0) is 20.2. The standard InChI is InChI=1S/C21H20O7/c1-10-3-12(22)6-16-18(10)20(25)19-17(28-16)7-14(24)8-21(19,26)9-15-5-13(23)4-11(2)27-15/h3-6,14,22,24,26H,7-9H2,1-2H3/t14-,21-/m0/s1. The molecule has 0 spiro atoms. The predicted molar refractivity (Wildman–Crippen MR) is 101 cm³/mol. The summed E-state index contributed by atoms with van der Waals surface area (Å²) >= 11 is 0. The average molecular weight is 384 g/mol. The third kappa shape index (κ3) is 3.02. The molecule has 0 saturated heterocycles. The monoisotopic (exact) mass is 384 g/mol. The minimum atomic E-state index is -1.75. The second-order valence-electron chi connectivity index (χ2n) is 7.51. The molecule has 2 aromatic heterocycles. The van der Waals surface area contributed by atoms with Gasteiger partial charge in [0.15, 0.2) is 10.9 Å². The van der Waals surface area contributed by atoms with Gasteiger partial charge in [-0.05, 0) is 25.5 Å². The molecule has 0 bridgehead atoms. The molecular formula is C21H20O7. The Morgan fingerprint density at radius 1 is 1.14 bits per heavy atom. The maximum atomic E-state index is 13.3. The zero-order valence-electron chi connectivity index (χ0n) is 15.5. The van der Waals surface area contributed by atoms with Gasteiger partial charge in [-0.3, -0.25) is 9.59 Å². The number of benzene rings is 1. The summed E-state index contributed by atoms with van der Waals surface area (Å²) in [5.74, 6) is 0.731. The maximum Gasteiger partial charge on any atom is 0.199 e. The highest BCUT2D eigenvalue weighted by atomic mass is 16.4. The molecule has 7 nitrogen and oxygen atoms in total. The quantitative estimate of drug-likeness (QED) is 0.616. The lowest BCUT2D eigenvalue weighted by Crippen LogP contribution is -2.43. The van der Waals surface area contributed by atoms with E-state index in [1.165, 1.54) is 24.3 Å². The zero-order valence-corrected chi connectivity index (χ0v) is 15.5. The fourth-order valence-electron chi connectivity index (χ4n) is 4.14. The lowest BCUT2D eigenvalue weighted by molar-refractivity contribution is -0.0344. The van der Waals surface area contributed by atoms with E-state index in [1.807, 2.05) is 0 Å². The number of aryl methyl sites for hydroxylation is 2. The van der Waals surface area contributed by atoms with Crippen molar-refractivity contribution in [1.29, 1.82) is 0 Å². The number of phenols is 1. The van der Waals surface area contributed by atoms with E-state index < -0.39 is 17.1 Å². The van der Waals surface area contributed by atoms with Gasteiger partial charge in [-0.2, -0.15) is 0 Å². The van der Waals surface area contributed by atoms with Crippen LogP contribution < -0.4 is 10.9 Å². The Bertz CT molecular complexity index is 1200. The number of rotatable bonds is 2. The van der Waals surface area contributed by atoms with E-state index in [4.69, 9.17) is 8.83 Å². The average Bonchev–Trinajstić information content (AvgIpc) is 2.51. The molecule has 4 rings (SSSR count). The Kier molecular flexibility index (Phi) is 4.17. The summed E-state index contributed by atoms with van der Waals surface area (Å²) in [6.45, 7) is 3.29. The number of aliphatic hydroxyl groups is 2. The smallest absolute Gasteiger partial charge is 0.199 e. The molecule has 0 aliphatic heterocycles. The summed E-state index contributed by atoms with van der Waals surface area (Å²) in [5.41, 5.74) is -1.67. The Morgan fingerprint density at radius 3 is 2.61 bits per heavy atom. The lowest BCUT2D eigenvalue weighted by atomic mass is 9.77. The van der Waals surface area contributed by atoms with Gasteiger partial charge in [-0.15, -0.1) is 0 Å². The molecule has 0 radical (unpaired) electrons. The molecule has 3 aromatic rings. The normalized spacial score (nSPS) is 21.6. The van der Waals surface area contributed by atoms with E-state index in [1.54, 1.807) is 13.8 Å². The summed E-state index contributed by atoms with van der Waals surface area (Å²) in [4.78, 5) is 25.1. The molecule has 146 valence electrons. The van der Waals surface area contributed by atoms with E-state index in [-0.39, 0.29) is 58.5 Å². The van der Waals surface area contributed by atoms with Crippen LogP contribution in [0.25, 0.3) is 11.0 Å². The molecule has 1 aliphatic carbocycles. The van der Waals surface area contributed by atoms with Crippen LogP contribution in [-0.4, -0.2) is 21.4 Å². The summed E-state index contributed by atoms with van der Waals surface area (Å²) in [6.07, 6.45) is -1.12. The molecule has 7 heteroatoms. The van der Waals surface area contributed by atoms with Crippen LogP contribution >= 0.6 is 0 Å². The van der Waals surface area contributed by atoms with Crippen molar-refractivity contribution in [3.8, 4) is 5.75 Å². The van der Waals surface area contributed by atoms with Gasteiger partial charge in [0.25, 0.3) is 0 Å². The van der Waals surface area contributed by atoms with E-state index in [2.05, 4.69) is 0 Å². The second kappa shape index (κ2) is 6.32. The largest absolute Gasteiger partial charge is 0.508 e. The van der Waals surface area contributed by atoms with Crippen molar-refractivity contribution in [1.82, 2.24) is 0 Å². The molecule has 3 N–H and O–H groups in total. The van der Waals surface area contributed by atoms with Gasteiger partial charge in [-0.1, -0.05) is 0 Å². The molecule has 1 aliphatic rings. The van der Waals surface area contributed by atoms with Gasteiger partial charge in [0.1, 0.15) is 34.2 Å². The highest BCUT2D eigenvalue weighted by molar-refractivity contribution is 5.82. The lowest BCUT2D eigenvalue weighted by Gasteiger charge is -2.35. The van der Waals surface area contributed by atoms with E-state index >= 15 is 0 Å². The van der Waals surface area contributed by atoms with Crippen LogP contribution in [-0.2, 0) is 18.4 Å². The number of hydrogen-bond donors (Lipinski definition) is 3. The first-order valence-electron chi connectivity index (χ1n) is 8.97. The molecule has 0 amide bonds. The van der Waals surface area contributed by atoms with E-state index in [0.717, 1.165) is 0 Å². The Labute approximate surface area is 159 Å². The third-order valence-corrected chi connectivity index (χ3v) is 5.12. The topological polar surface area (TPSA) is 121 Å². The first-order valence-corrected chi connectivity index (χ1v) is 8.97. The predicted octanol–water partition coefficient (Wildman–Crippen LogP) is 1.81. The molecule has 0 unspecified atom stereocenters. The van der Waals surface area contributed by atoms with Crippen molar-refractivity contribution < 1.29 is 24.2 Å². The minimum absolute atomic E-state index is 0.0405. The minimum Gasteiger partial charge on any atom is -0.508 e. The fraction of sp³-hybridized carbons (Fsp3) is 0.333. The van der Waals surface area contributed by atoms with Crippen LogP contribution in [0.2, 0.25) is 0 Å². The Balaban J connectivity index is 1.95. The summed E-state index contributed by atoms with van der Waals surface area (Å²) in [7, 11) is 0. The van der Waals surface area contributed by atoms with Gasteiger partial charge >= 0.3 is 0 Å². The van der Waals surface area contributed by atoms with Crippen molar-refractivity contribution in [3.05, 3.63) is 73.1 Å². The number of phenolic OH excluding ortho intramolecular Hbond substituents is 1. The van der Waals surface area contributed by atoms with Crippen molar-refractivity contribution in [3.63, 3.8) is 0 Å². The van der Waals surface area contributed by atoms with Gasteiger partial charge < -0.3 is 24.2 Å². The van der Waals surface area contributed by atoms with Crippen LogP contribution in [0.5, 0.6) is 5.75 Å². The van der Waals surface area contributed by atoms with Crippen molar-refractivity contribution in [2.24, 2.45) is 0 Å². The molecule has 0 saturated carbocycles. The highest BCUT2D eigenvalue weighted by Crippen LogP contribution is 2.38. The number of aromatic hydroxyl groups is 1. The molecule has 2 heterocycles. The molecule has 28 heavy (non-hydrogen) atoms. The van der Waals surface area contributed by atoms with Crippen LogP contribution in [0.3, 0.4) is 0 Å². The molecule has 2 atom stereocenters. The first kappa shape index (κ1) is 18.5. The molecule has 1 aromatic carbocycles. The summed E-state index contributed by atoms with van der Waals surface area (Å²) in [6, 6.07) is 5.37. The summed E-state index contributed by atoms with van der Waals surface area (Å²) in [5, 5.41) is 31.7. The highest BCUT2D eigenvalue weighted by Gasteiger charge is 2.43. The molecular weight excluding hydrogens is 364 g/mol. The van der Waals surface area contributed by atoms with Crippen LogP contribution in [0.15, 0.2) is 42.7 Å². The van der Waals surface area contributed by atoms with Gasteiger partial charge in [0.2, 0.25) is 0 Å². The van der Waals surface area contributed by atoms with Gasteiger partial charge in [0, 0.05) is 37.5 Å². The third-order valence-electron chi connectivity index (χ3n) is 5.12. The van der Waals surface area contributed by atoms with E-state index in [9.17, 15) is 24.9 Å². The van der Waals surface area contributed by atoms with Crippen LogP contribution in [0, 0.1) is 13.8 Å². The fourth-order valence-corrected chi connectivity index (χ4v) is 4.14. The second-order valence-corrected chi connectivity index (χ2v) is 7.51. The van der Waals surface area contributed by atoms with Gasteiger partial charge in [-0.25, -0.2) is 0 Å². The molecule has 0 fully saturated rings. The number of aliphatic hydroxyl groups excluding tert-OH is 1. The first-order chi connectivity index (χ1) is 13.2. The van der Waals surface area contributed by atoms with Crippen LogP contribution in [0.1, 0.15) is 34.8 Å². The van der Waals surface area contributed by atoms with Gasteiger partial charge in [0.05, 0.1) is 17.1 Å². The SMILES string of the molecule is Cc1cc(=O)cc(C[C@@]2(O)C[C@@H](O)Cc3oc4cc(O)cc(C)c4c(=O)c32)o1. The van der Waals surface area contributed by atoms with Crippen molar-refractivity contribution in [2.75, 3.05) is 0 Å². The van der Waals surface area contributed by atoms with Crippen LogP contribution in [0.4, 0.5) is 0 Å².